The number of hydrogen-bond donors (Lipinski definition) is 3. The Balaban J connectivity index is 0.00000186. The Hall–Kier alpha value is -3.43. The Morgan fingerprint density at radius 2 is 1.89 bits per heavy atom. The molecule has 3 amide bonds. The number of benzene rings is 1. The number of carbonyl (C=O) groups is 3. The number of aromatic amines is 1. The summed E-state index contributed by atoms with van der Waals surface area (Å²) >= 11 is 0. The Morgan fingerprint density at radius 1 is 1.19 bits per heavy atom. The lowest BCUT2D eigenvalue weighted by Crippen LogP contribution is -2.50. The molecule has 3 heterocycles. The van der Waals surface area contributed by atoms with Crippen molar-refractivity contribution in [3.05, 3.63) is 51.8 Å². The molecule has 0 radical (unpaired) electrons. The average molecular weight is 511 g/mol. The molecule has 200 valence electrons. The van der Waals surface area contributed by atoms with Gasteiger partial charge in [0.1, 0.15) is 0 Å². The zero-order chi connectivity index (χ0) is 27.1. The van der Waals surface area contributed by atoms with E-state index in [2.05, 4.69) is 15.6 Å². The van der Waals surface area contributed by atoms with Crippen LogP contribution in [0.2, 0.25) is 0 Å². The molecule has 1 saturated heterocycles. The van der Waals surface area contributed by atoms with Crippen LogP contribution in [-0.2, 0) is 19.1 Å². The standard InChI is InChI=1S/C26H32N4O5.C2H6/c1-5-35-22(26(33)30-8-10-34-11-9-30)14-27-25(32)23-16(3)21(28-17(23)4)13-19-18-12-15(2)6-7-20(18)29-24(19)31;1-2/h6-7,12-13,22,28H,5,8-11,14H2,1-4H3,(H,27,32)(H,29,31);1-2H3/b19-13-;. The van der Waals surface area contributed by atoms with E-state index in [1.54, 1.807) is 11.0 Å². The van der Waals surface area contributed by atoms with Crippen LogP contribution in [0.25, 0.3) is 11.6 Å². The van der Waals surface area contributed by atoms with Crippen LogP contribution < -0.4 is 10.6 Å². The summed E-state index contributed by atoms with van der Waals surface area (Å²) in [5, 5.41) is 5.74. The fourth-order valence-corrected chi connectivity index (χ4v) is 4.53. The Morgan fingerprint density at radius 3 is 2.57 bits per heavy atom. The van der Waals surface area contributed by atoms with Crippen LogP contribution in [0.15, 0.2) is 18.2 Å². The lowest BCUT2D eigenvalue weighted by atomic mass is 10.0. The number of anilines is 1. The first kappa shape index (κ1) is 28.1. The minimum atomic E-state index is -0.759. The number of carbonyl (C=O) groups excluding carboxylic acids is 3. The van der Waals surface area contributed by atoms with Crippen LogP contribution in [0.1, 0.15) is 59.2 Å². The molecule has 37 heavy (non-hydrogen) atoms. The van der Waals surface area contributed by atoms with Gasteiger partial charge in [-0.15, -0.1) is 0 Å². The summed E-state index contributed by atoms with van der Waals surface area (Å²) in [4.78, 5) is 43.5. The summed E-state index contributed by atoms with van der Waals surface area (Å²) in [7, 11) is 0. The highest BCUT2D eigenvalue weighted by atomic mass is 16.5. The van der Waals surface area contributed by atoms with Gasteiger partial charge in [0.15, 0.2) is 6.10 Å². The zero-order valence-corrected chi connectivity index (χ0v) is 22.6. The van der Waals surface area contributed by atoms with Gasteiger partial charge < -0.3 is 30.0 Å². The molecule has 1 atom stereocenters. The predicted molar refractivity (Wildman–Crippen MR) is 144 cm³/mol. The molecule has 1 aromatic carbocycles. The van der Waals surface area contributed by atoms with Crippen LogP contribution in [-0.4, -0.2) is 73.2 Å². The number of morpholine rings is 1. The van der Waals surface area contributed by atoms with E-state index in [1.165, 1.54) is 0 Å². The van der Waals surface area contributed by atoms with Gasteiger partial charge in [0.25, 0.3) is 17.7 Å². The molecular formula is C28H38N4O5. The number of hydrogen-bond acceptors (Lipinski definition) is 5. The van der Waals surface area contributed by atoms with E-state index < -0.39 is 6.10 Å². The van der Waals surface area contributed by atoms with E-state index in [-0.39, 0.29) is 24.3 Å². The third-order valence-corrected chi connectivity index (χ3v) is 6.36. The molecule has 9 nitrogen and oxygen atoms in total. The summed E-state index contributed by atoms with van der Waals surface area (Å²) < 4.78 is 11.0. The zero-order valence-electron chi connectivity index (χ0n) is 22.6. The molecule has 1 fully saturated rings. The van der Waals surface area contributed by atoms with Gasteiger partial charge in [0.2, 0.25) is 0 Å². The van der Waals surface area contributed by atoms with Gasteiger partial charge in [-0.2, -0.15) is 0 Å². The first-order chi connectivity index (χ1) is 17.8. The highest BCUT2D eigenvalue weighted by molar-refractivity contribution is 6.35. The molecule has 0 spiro atoms. The Labute approximate surface area is 218 Å². The van der Waals surface area contributed by atoms with Gasteiger partial charge >= 0.3 is 0 Å². The van der Waals surface area contributed by atoms with Gasteiger partial charge in [-0.05, 0) is 51.5 Å². The van der Waals surface area contributed by atoms with Gasteiger partial charge in [-0.3, -0.25) is 14.4 Å². The molecule has 1 unspecified atom stereocenters. The Bertz CT molecular complexity index is 1180. The van der Waals surface area contributed by atoms with Crippen LogP contribution in [0.3, 0.4) is 0 Å². The van der Waals surface area contributed by atoms with Crippen LogP contribution in [0.4, 0.5) is 5.69 Å². The van der Waals surface area contributed by atoms with E-state index in [0.29, 0.717) is 55.4 Å². The molecule has 0 aliphatic carbocycles. The summed E-state index contributed by atoms with van der Waals surface area (Å²) in [6, 6.07) is 5.81. The third-order valence-electron chi connectivity index (χ3n) is 6.36. The fourth-order valence-electron chi connectivity index (χ4n) is 4.53. The van der Waals surface area contributed by atoms with E-state index in [1.807, 2.05) is 59.7 Å². The normalized spacial score (nSPS) is 16.5. The first-order valence-electron chi connectivity index (χ1n) is 12.9. The molecule has 2 aromatic rings. The van der Waals surface area contributed by atoms with E-state index in [9.17, 15) is 14.4 Å². The third kappa shape index (κ3) is 6.29. The summed E-state index contributed by atoms with van der Waals surface area (Å²) in [5.74, 6) is -0.624. The molecule has 2 aliphatic rings. The molecule has 0 bridgehead atoms. The molecular weight excluding hydrogens is 472 g/mol. The van der Waals surface area contributed by atoms with Crippen LogP contribution in [0, 0.1) is 20.8 Å². The van der Waals surface area contributed by atoms with E-state index in [0.717, 1.165) is 22.4 Å². The maximum absolute atomic E-state index is 13.1. The molecule has 1 aromatic heterocycles. The van der Waals surface area contributed by atoms with Crippen LogP contribution in [0.5, 0.6) is 0 Å². The second-order valence-electron chi connectivity index (χ2n) is 8.82. The van der Waals surface area contributed by atoms with Crippen molar-refractivity contribution in [3.63, 3.8) is 0 Å². The minimum Gasteiger partial charge on any atom is -0.378 e. The second kappa shape index (κ2) is 12.7. The maximum atomic E-state index is 13.1. The molecule has 2 aliphatic heterocycles. The van der Waals surface area contributed by atoms with Crippen molar-refractivity contribution in [2.45, 2.75) is 47.6 Å². The van der Waals surface area contributed by atoms with Crippen molar-refractivity contribution in [2.24, 2.45) is 0 Å². The fraction of sp³-hybridized carbons (Fsp3) is 0.464. The van der Waals surface area contributed by atoms with Crippen molar-refractivity contribution >= 4 is 35.1 Å². The van der Waals surface area contributed by atoms with E-state index in [4.69, 9.17) is 9.47 Å². The van der Waals surface area contributed by atoms with Crippen molar-refractivity contribution in [3.8, 4) is 0 Å². The van der Waals surface area contributed by atoms with Crippen LogP contribution >= 0.6 is 0 Å². The number of aryl methyl sites for hydroxylation is 2. The maximum Gasteiger partial charge on any atom is 0.256 e. The van der Waals surface area contributed by atoms with Crippen molar-refractivity contribution in [1.82, 2.24) is 15.2 Å². The van der Waals surface area contributed by atoms with Crippen molar-refractivity contribution < 1.29 is 23.9 Å². The molecule has 3 N–H and O–H groups in total. The number of ether oxygens (including phenoxy) is 2. The monoisotopic (exact) mass is 510 g/mol. The van der Waals surface area contributed by atoms with Gasteiger partial charge in [0, 0.05) is 42.3 Å². The highest BCUT2D eigenvalue weighted by Gasteiger charge is 2.28. The number of aromatic nitrogens is 1. The SMILES string of the molecule is CC.CCOC(CNC(=O)c1c(C)[nH]c(/C=C2\C(=O)Nc3ccc(C)cc32)c1C)C(=O)N1CCOCC1. The van der Waals surface area contributed by atoms with Gasteiger partial charge in [-0.1, -0.05) is 25.5 Å². The first-order valence-corrected chi connectivity index (χ1v) is 12.9. The number of amides is 3. The largest absolute Gasteiger partial charge is 0.378 e. The van der Waals surface area contributed by atoms with Gasteiger partial charge in [0.05, 0.1) is 30.9 Å². The predicted octanol–water partition coefficient (Wildman–Crippen LogP) is 3.45. The van der Waals surface area contributed by atoms with Gasteiger partial charge in [-0.25, -0.2) is 0 Å². The quantitative estimate of drug-likeness (QED) is 0.494. The molecule has 9 heteroatoms. The number of fused-ring (bicyclic) bond motifs is 1. The van der Waals surface area contributed by atoms with Crippen molar-refractivity contribution in [2.75, 3.05) is 44.8 Å². The number of nitrogens with zero attached hydrogens (tertiary/aromatic N) is 1. The lowest BCUT2D eigenvalue weighted by Gasteiger charge is -2.30. The number of nitrogens with one attached hydrogen (secondary N) is 3. The topological polar surface area (TPSA) is 113 Å². The minimum absolute atomic E-state index is 0.0679. The van der Waals surface area contributed by atoms with Crippen molar-refractivity contribution in [1.29, 1.82) is 0 Å². The summed E-state index contributed by atoms with van der Waals surface area (Å²) in [5.41, 5.74) is 5.82. The Kier molecular flexibility index (Phi) is 9.66. The number of rotatable bonds is 7. The molecule has 4 rings (SSSR count). The number of H-pyrrole nitrogens is 1. The second-order valence-corrected chi connectivity index (χ2v) is 8.82. The highest BCUT2D eigenvalue weighted by Crippen LogP contribution is 2.34. The molecule has 0 saturated carbocycles. The summed E-state index contributed by atoms with van der Waals surface area (Å²) in [6.45, 7) is 13.9. The lowest BCUT2D eigenvalue weighted by molar-refractivity contribution is -0.147. The average Bonchev–Trinajstić information content (AvgIpc) is 3.36. The smallest absolute Gasteiger partial charge is 0.256 e. The summed E-state index contributed by atoms with van der Waals surface area (Å²) in [6.07, 6.45) is 1.02. The van der Waals surface area contributed by atoms with E-state index >= 15 is 0 Å².